The van der Waals surface area contributed by atoms with Crippen LogP contribution in [-0.4, -0.2) is 32.1 Å². The molecule has 3 aromatic rings. The summed E-state index contributed by atoms with van der Waals surface area (Å²) in [4.78, 5) is 7.37. The first-order valence-corrected chi connectivity index (χ1v) is 7.54. The number of halogens is 3. The monoisotopic (exact) mass is 343 g/mol. The summed E-state index contributed by atoms with van der Waals surface area (Å²) < 4.78 is 63.8. The molecule has 0 aliphatic heterocycles. The van der Waals surface area contributed by atoms with Gasteiger partial charge in [-0.05, 0) is 12.1 Å². The third-order valence-corrected chi connectivity index (χ3v) is 4.53. The summed E-state index contributed by atoms with van der Waals surface area (Å²) in [5.41, 5.74) is -0.922. The topological polar surface area (TPSA) is 82.7 Å². The summed E-state index contributed by atoms with van der Waals surface area (Å²) in [7, 11) is -3.83. The van der Waals surface area contributed by atoms with Crippen molar-refractivity contribution in [2.24, 2.45) is 0 Å². The van der Waals surface area contributed by atoms with E-state index in [1.54, 1.807) is 0 Å². The summed E-state index contributed by atoms with van der Waals surface area (Å²) in [6.07, 6.45) is 1.65. The maximum atomic E-state index is 12.5. The van der Waals surface area contributed by atoms with E-state index in [9.17, 15) is 21.6 Å². The van der Waals surface area contributed by atoms with E-state index >= 15 is 0 Å². The van der Waals surface area contributed by atoms with E-state index in [1.807, 2.05) is 0 Å². The Bertz CT molecular complexity index is 915. The normalized spacial score (nSPS) is 12.5. The fourth-order valence-corrected chi connectivity index (χ4v) is 2.83. The number of nitrogens with zero attached hydrogens (tertiary/aromatic N) is 5. The lowest BCUT2D eigenvalue weighted by molar-refractivity contribution is -0.137. The van der Waals surface area contributed by atoms with Crippen LogP contribution in [-0.2, 0) is 16.2 Å². The summed E-state index contributed by atoms with van der Waals surface area (Å²) >= 11 is 0. The lowest BCUT2D eigenvalue weighted by atomic mass is 10.3. The lowest BCUT2D eigenvalue weighted by Crippen LogP contribution is -2.11. The minimum atomic E-state index is -4.51. The van der Waals surface area contributed by atoms with Crippen molar-refractivity contribution in [2.75, 3.05) is 0 Å². The molecule has 11 heteroatoms. The molecule has 0 bridgehead atoms. The van der Waals surface area contributed by atoms with Gasteiger partial charge in [-0.2, -0.15) is 18.3 Å². The number of hydrogen-bond acceptors (Lipinski definition) is 5. The van der Waals surface area contributed by atoms with Gasteiger partial charge in [0.25, 0.3) is 10.0 Å². The Morgan fingerprint density at radius 2 is 1.91 bits per heavy atom. The molecule has 0 fully saturated rings. The molecule has 3 aromatic heterocycles. The molecule has 0 unspecified atom stereocenters. The molecule has 0 saturated heterocycles. The molecule has 0 N–H and O–H groups in total. The van der Waals surface area contributed by atoms with Gasteiger partial charge in [-0.3, -0.25) is 0 Å². The molecule has 3 heterocycles. The van der Waals surface area contributed by atoms with Gasteiger partial charge in [0.05, 0.1) is 11.8 Å². The average molecular weight is 343 g/mol. The van der Waals surface area contributed by atoms with Gasteiger partial charge in [0.15, 0.2) is 5.82 Å². The van der Waals surface area contributed by atoms with Crippen LogP contribution in [0.5, 0.6) is 0 Å². The van der Waals surface area contributed by atoms with Crippen LogP contribution in [0.2, 0.25) is 0 Å². The smallest absolute Gasteiger partial charge is 0.244 e. The minimum Gasteiger partial charge on any atom is -0.244 e. The predicted molar refractivity (Wildman–Crippen MR) is 71.2 cm³/mol. The number of imidazole rings is 1. The zero-order valence-corrected chi connectivity index (χ0v) is 12.0. The predicted octanol–water partition coefficient (Wildman–Crippen LogP) is 1.72. The second-order valence-corrected chi connectivity index (χ2v) is 6.26. The van der Waals surface area contributed by atoms with Gasteiger partial charge in [-0.15, -0.1) is 0 Å². The number of alkyl halides is 3. The second-order valence-electron chi connectivity index (χ2n) is 4.42. The van der Waals surface area contributed by atoms with Crippen LogP contribution in [0.1, 0.15) is 5.56 Å². The zero-order chi connectivity index (χ0) is 16.7. The maximum Gasteiger partial charge on any atom is 0.419 e. The molecule has 23 heavy (non-hydrogen) atoms. The van der Waals surface area contributed by atoms with Crippen LogP contribution >= 0.6 is 0 Å². The van der Waals surface area contributed by atoms with Crippen molar-refractivity contribution in [1.82, 2.24) is 23.7 Å². The number of pyridine rings is 1. The van der Waals surface area contributed by atoms with Crippen molar-refractivity contribution in [3.8, 4) is 5.82 Å². The van der Waals surface area contributed by atoms with E-state index < -0.39 is 21.8 Å². The highest BCUT2D eigenvalue weighted by Crippen LogP contribution is 2.29. The molecule has 0 atom stereocenters. The fraction of sp³-hybridized carbons (Fsp3) is 0.0833. The van der Waals surface area contributed by atoms with Gasteiger partial charge in [-0.25, -0.2) is 27.0 Å². The van der Waals surface area contributed by atoms with Crippen LogP contribution in [0, 0.1) is 0 Å². The highest BCUT2D eigenvalue weighted by molar-refractivity contribution is 7.90. The lowest BCUT2D eigenvalue weighted by Gasteiger charge is -2.06. The Balaban J connectivity index is 1.93. The number of rotatable bonds is 3. The van der Waals surface area contributed by atoms with Gasteiger partial charge in [0.1, 0.15) is 11.2 Å². The Morgan fingerprint density at radius 3 is 2.43 bits per heavy atom. The summed E-state index contributed by atoms with van der Waals surface area (Å²) in [5, 5.41) is 3.56. The van der Waals surface area contributed by atoms with Crippen LogP contribution in [0.3, 0.4) is 0 Å². The molecule has 3 rings (SSSR count). The molecule has 0 radical (unpaired) electrons. The van der Waals surface area contributed by atoms with E-state index in [-0.39, 0.29) is 10.7 Å². The van der Waals surface area contributed by atoms with Crippen molar-refractivity contribution in [3.63, 3.8) is 0 Å². The van der Waals surface area contributed by atoms with E-state index in [0.29, 0.717) is 6.20 Å². The van der Waals surface area contributed by atoms with Crippen molar-refractivity contribution in [3.05, 3.63) is 55.0 Å². The van der Waals surface area contributed by atoms with Crippen LogP contribution in [0.4, 0.5) is 13.2 Å². The van der Waals surface area contributed by atoms with E-state index in [2.05, 4.69) is 15.1 Å². The summed E-state index contributed by atoms with van der Waals surface area (Å²) in [5.74, 6) is 0.0603. The Morgan fingerprint density at radius 1 is 1.13 bits per heavy atom. The first-order chi connectivity index (χ1) is 10.8. The van der Waals surface area contributed by atoms with Gasteiger partial charge in [0.2, 0.25) is 0 Å². The Labute approximate surface area is 128 Å². The van der Waals surface area contributed by atoms with Crippen molar-refractivity contribution >= 4 is 10.0 Å². The SMILES string of the molecule is O=S(=O)(c1ccc(-n2cc(C(F)(F)F)cn2)nc1)n1ccnc1. The van der Waals surface area contributed by atoms with Gasteiger partial charge in [0, 0.05) is 24.8 Å². The van der Waals surface area contributed by atoms with E-state index in [4.69, 9.17) is 0 Å². The first kappa shape index (κ1) is 15.2. The highest BCUT2D eigenvalue weighted by atomic mass is 32.2. The van der Waals surface area contributed by atoms with E-state index in [1.165, 1.54) is 24.5 Å². The minimum absolute atomic E-state index is 0.0603. The molecule has 0 amide bonds. The molecule has 120 valence electrons. The number of aromatic nitrogens is 5. The van der Waals surface area contributed by atoms with Crippen LogP contribution in [0.25, 0.3) is 5.82 Å². The molecule has 0 saturated carbocycles. The van der Waals surface area contributed by atoms with Gasteiger partial charge in [-0.1, -0.05) is 0 Å². The quantitative estimate of drug-likeness (QED) is 0.723. The average Bonchev–Trinajstić information content (AvgIpc) is 3.18. The highest BCUT2D eigenvalue weighted by Gasteiger charge is 2.32. The molecular formula is C12H8F3N5O2S. The molecule has 0 aromatic carbocycles. The summed E-state index contributed by atoms with van der Waals surface area (Å²) in [6, 6.07) is 2.49. The Kier molecular flexibility index (Phi) is 3.43. The third-order valence-electron chi connectivity index (χ3n) is 2.92. The second kappa shape index (κ2) is 5.19. The van der Waals surface area contributed by atoms with Crippen molar-refractivity contribution < 1.29 is 21.6 Å². The standard InChI is InChI=1S/C12H8F3N5O2S/c13-12(14,15)9-5-18-20(7-9)11-2-1-10(6-17-11)23(21,22)19-4-3-16-8-19/h1-8H. The molecular weight excluding hydrogens is 335 g/mol. The van der Waals surface area contributed by atoms with Crippen LogP contribution in [0.15, 0.2) is 54.3 Å². The largest absolute Gasteiger partial charge is 0.419 e. The Hall–Kier alpha value is -2.69. The van der Waals surface area contributed by atoms with Gasteiger partial charge < -0.3 is 0 Å². The third kappa shape index (κ3) is 2.82. The van der Waals surface area contributed by atoms with E-state index in [0.717, 1.165) is 27.4 Å². The number of hydrogen-bond donors (Lipinski definition) is 0. The van der Waals surface area contributed by atoms with Gasteiger partial charge >= 0.3 is 6.18 Å². The van der Waals surface area contributed by atoms with Crippen LogP contribution < -0.4 is 0 Å². The zero-order valence-electron chi connectivity index (χ0n) is 11.2. The molecule has 7 nitrogen and oxygen atoms in total. The first-order valence-electron chi connectivity index (χ1n) is 6.10. The fourth-order valence-electron chi connectivity index (χ4n) is 1.77. The van der Waals surface area contributed by atoms with Crippen molar-refractivity contribution in [1.29, 1.82) is 0 Å². The summed E-state index contributed by atoms with van der Waals surface area (Å²) in [6.45, 7) is 0. The molecule has 0 aliphatic carbocycles. The molecule has 0 aliphatic rings. The maximum absolute atomic E-state index is 12.5. The van der Waals surface area contributed by atoms with Crippen molar-refractivity contribution in [2.45, 2.75) is 11.1 Å². The molecule has 0 spiro atoms.